The third kappa shape index (κ3) is 5.47. The lowest BCUT2D eigenvalue weighted by atomic mass is 9.94. The number of carbonyl (C=O) groups is 1. The van der Waals surface area contributed by atoms with Gasteiger partial charge in [0.05, 0.1) is 16.7 Å². The van der Waals surface area contributed by atoms with Gasteiger partial charge >= 0.3 is 0 Å². The van der Waals surface area contributed by atoms with Crippen molar-refractivity contribution in [3.8, 4) is 0 Å². The van der Waals surface area contributed by atoms with E-state index in [1.54, 1.807) is 30.5 Å². The molecule has 1 amide bonds. The van der Waals surface area contributed by atoms with Gasteiger partial charge in [0.1, 0.15) is 5.69 Å². The lowest BCUT2D eigenvalue weighted by Gasteiger charge is -2.17. The van der Waals surface area contributed by atoms with Crippen LogP contribution < -0.4 is 21.5 Å². The predicted octanol–water partition coefficient (Wildman–Crippen LogP) is 2.49. The molecular weight excluding hydrogens is 487 g/mol. The number of amides is 1. The summed E-state index contributed by atoms with van der Waals surface area (Å²) in [6, 6.07) is 5.74. The molecule has 13 heteroatoms. The fraction of sp³-hybridized carbons (Fsp3) is 0.130. The molecule has 0 radical (unpaired) electrons. The van der Waals surface area contributed by atoms with Gasteiger partial charge in [-0.2, -0.15) is 10.1 Å². The van der Waals surface area contributed by atoms with E-state index in [-0.39, 0.29) is 28.7 Å². The van der Waals surface area contributed by atoms with E-state index in [0.29, 0.717) is 29.1 Å². The first-order valence-corrected chi connectivity index (χ1v) is 12.3. The molecule has 0 atom stereocenters. The Bertz CT molecular complexity index is 1530. The minimum atomic E-state index is -3.90. The molecule has 2 heterocycles. The molecule has 0 unspecified atom stereocenters. The normalized spacial score (nSPS) is 14.8. The standard InChI is InChI=1S/C23H23FN8O3S/c1-2-13-11-28-32-20(13)19(21(25)33)14-5-3-6-15(9-14)29-22-18(24)12-27-23(31-22)30-16-7-4-8-17(10-16)36(26,34)35/h3-8,10-12H,2,9H2,1H3,(H2,25,33)(H,28,32)(H2,26,34,35)(H2,27,29,30,31). The van der Waals surface area contributed by atoms with Crippen molar-refractivity contribution in [3.05, 3.63) is 83.2 Å². The van der Waals surface area contributed by atoms with Crippen LogP contribution in [-0.4, -0.2) is 34.5 Å². The number of primary amides is 1. The Morgan fingerprint density at radius 3 is 2.81 bits per heavy atom. The molecule has 0 saturated heterocycles. The number of nitrogens with zero attached hydrogens (tertiary/aromatic N) is 3. The van der Waals surface area contributed by atoms with E-state index < -0.39 is 21.7 Å². The number of aromatic nitrogens is 4. The largest absolute Gasteiger partial charge is 0.366 e. The zero-order valence-corrected chi connectivity index (χ0v) is 19.9. The lowest BCUT2D eigenvalue weighted by Crippen LogP contribution is -2.17. The number of halogens is 1. The Kier molecular flexibility index (Phi) is 6.94. The monoisotopic (exact) mass is 510 g/mol. The van der Waals surface area contributed by atoms with Gasteiger partial charge in [-0.25, -0.2) is 22.9 Å². The van der Waals surface area contributed by atoms with E-state index in [4.69, 9.17) is 10.9 Å². The number of nitrogens with two attached hydrogens (primary N) is 2. The SMILES string of the molecule is CCc1c[nH]nc1C(C(N)=O)=C1C=CC=C(Nc2nc(Nc3cccc(S(N)(=O)=O)c3)ncc2F)C1. The Morgan fingerprint density at radius 2 is 2.08 bits per heavy atom. The quantitative estimate of drug-likeness (QED) is 0.286. The van der Waals surface area contributed by atoms with Gasteiger partial charge in [0, 0.05) is 24.0 Å². The van der Waals surface area contributed by atoms with Gasteiger partial charge in [-0.1, -0.05) is 25.1 Å². The first-order valence-electron chi connectivity index (χ1n) is 10.8. The summed E-state index contributed by atoms with van der Waals surface area (Å²) in [5.41, 5.74) is 8.79. The van der Waals surface area contributed by atoms with E-state index in [2.05, 4.69) is 30.8 Å². The molecule has 7 N–H and O–H groups in total. The summed E-state index contributed by atoms with van der Waals surface area (Å²) in [6.07, 6.45) is 8.77. The molecule has 0 spiro atoms. The molecule has 3 aromatic rings. The molecule has 11 nitrogen and oxygen atoms in total. The van der Waals surface area contributed by atoms with Crippen molar-refractivity contribution in [1.82, 2.24) is 20.2 Å². The lowest BCUT2D eigenvalue weighted by molar-refractivity contribution is -0.112. The highest BCUT2D eigenvalue weighted by Crippen LogP contribution is 2.29. The number of hydrogen-bond acceptors (Lipinski definition) is 8. The number of aryl methyl sites for hydroxylation is 1. The van der Waals surface area contributed by atoms with Crippen molar-refractivity contribution in [1.29, 1.82) is 0 Å². The zero-order valence-electron chi connectivity index (χ0n) is 19.1. The first kappa shape index (κ1) is 24.8. The average Bonchev–Trinajstić information content (AvgIpc) is 3.29. The maximum absolute atomic E-state index is 14.5. The number of primary sulfonamides is 1. The number of nitrogens with one attached hydrogen (secondary N) is 3. The van der Waals surface area contributed by atoms with Gasteiger partial charge in [0.25, 0.3) is 5.91 Å². The van der Waals surface area contributed by atoms with Crippen LogP contribution >= 0.6 is 0 Å². The molecule has 0 aliphatic heterocycles. The number of carbonyl (C=O) groups excluding carboxylic acids is 1. The zero-order chi connectivity index (χ0) is 25.9. The van der Waals surface area contributed by atoms with Crippen LogP contribution in [-0.2, 0) is 21.2 Å². The molecule has 2 aromatic heterocycles. The highest BCUT2D eigenvalue weighted by atomic mass is 32.2. The molecule has 36 heavy (non-hydrogen) atoms. The molecule has 186 valence electrons. The van der Waals surface area contributed by atoms with Crippen molar-refractivity contribution < 1.29 is 17.6 Å². The summed E-state index contributed by atoms with van der Waals surface area (Å²) in [6.45, 7) is 1.94. The van der Waals surface area contributed by atoms with Crippen molar-refractivity contribution in [2.24, 2.45) is 10.9 Å². The number of sulfonamides is 1. The van der Waals surface area contributed by atoms with Gasteiger partial charge in [-0.3, -0.25) is 9.89 Å². The summed E-state index contributed by atoms with van der Waals surface area (Å²) in [5.74, 6) is -1.43. The molecule has 1 aliphatic carbocycles. The second-order valence-electron chi connectivity index (χ2n) is 7.82. The van der Waals surface area contributed by atoms with Crippen LogP contribution in [0.25, 0.3) is 5.57 Å². The van der Waals surface area contributed by atoms with Crippen LogP contribution in [0.1, 0.15) is 24.6 Å². The minimum absolute atomic E-state index is 0.0233. The second-order valence-corrected chi connectivity index (χ2v) is 9.38. The summed E-state index contributed by atoms with van der Waals surface area (Å²) in [4.78, 5) is 20.3. The number of hydrogen-bond donors (Lipinski definition) is 5. The van der Waals surface area contributed by atoms with Crippen LogP contribution in [0.5, 0.6) is 0 Å². The number of allylic oxidation sites excluding steroid dienone is 4. The first-order chi connectivity index (χ1) is 17.2. The van der Waals surface area contributed by atoms with E-state index in [1.807, 2.05) is 6.92 Å². The Morgan fingerprint density at radius 1 is 1.28 bits per heavy atom. The molecule has 1 aliphatic rings. The smallest absolute Gasteiger partial charge is 0.251 e. The Balaban J connectivity index is 1.58. The van der Waals surface area contributed by atoms with Crippen LogP contribution in [0.15, 0.2) is 71.1 Å². The maximum atomic E-state index is 14.5. The predicted molar refractivity (Wildman–Crippen MR) is 133 cm³/mol. The second kappa shape index (κ2) is 10.1. The molecule has 0 bridgehead atoms. The average molecular weight is 511 g/mol. The summed E-state index contributed by atoms with van der Waals surface area (Å²) < 4.78 is 37.7. The highest BCUT2D eigenvalue weighted by Gasteiger charge is 2.21. The van der Waals surface area contributed by atoms with E-state index in [1.165, 1.54) is 18.2 Å². The molecule has 0 fully saturated rings. The molecular formula is C23H23FN8O3S. The van der Waals surface area contributed by atoms with Crippen LogP contribution in [0.2, 0.25) is 0 Å². The van der Waals surface area contributed by atoms with Crippen molar-refractivity contribution in [2.45, 2.75) is 24.7 Å². The summed E-state index contributed by atoms with van der Waals surface area (Å²) in [7, 11) is -3.90. The third-order valence-corrected chi connectivity index (χ3v) is 6.23. The number of H-pyrrole nitrogens is 1. The number of anilines is 3. The van der Waals surface area contributed by atoms with Crippen LogP contribution in [0.4, 0.5) is 21.8 Å². The topological polar surface area (TPSA) is 182 Å². The van der Waals surface area contributed by atoms with E-state index >= 15 is 0 Å². The van der Waals surface area contributed by atoms with E-state index in [9.17, 15) is 17.6 Å². The number of aromatic amines is 1. The fourth-order valence-corrected chi connectivity index (χ4v) is 4.20. The number of rotatable bonds is 8. The van der Waals surface area contributed by atoms with Gasteiger partial charge in [0.2, 0.25) is 16.0 Å². The van der Waals surface area contributed by atoms with Gasteiger partial charge in [-0.15, -0.1) is 0 Å². The maximum Gasteiger partial charge on any atom is 0.251 e. The summed E-state index contributed by atoms with van der Waals surface area (Å²) >= 11 is 0. The molecule has 0 saturated carbocycles. The molecule has 4 rings (SSSR count). The van der Waals surface area contributed by atoms with Crippen LogP contribution in [0, 0.1) is 5.82 Å². The summed E-state index contributed by atoms with van der Waals surface area (Å²) in [5, 5.41) is 17.9. The Labute approximate surface area is 206 Å². The minimum Gasteiger partial charge on any atom is -0.366 e. The van der Waals surface area contributed by atoms with Gasteiger partial charge in [-0.05, 0) is 41.8 Å². The van der Waals surface area contributed by atoms with Crippen molar-refractivity contribution in [2.75, 3.05) is 10.6 Å². The Hall–Kier alpha value is -4.36. The fourth-order valence-electron chi connectivity index (χ4n) is 3.64. The third-order valence-electron chi connectivity index (χ3n) is 5.32. The van der Waals surface area contributed by atoms with Crippen LogP contribution in [0.3, 0.4) is 0 Å². The van der Waals surface area contributed by atoms with Gasteiger partial charge in [0.15, 0.2) is 11.6 Å². The highest BCUT2D eigenvalue weighted by molar-refractivity contribution is 7.89. The van der Waals surface area contributed by atoms with Crippen molar-refractivity contribution >= 4 is 39.0 Å². The van der Waals surface area contributed by atoms with Gasteiger partial charge < -0.3 is 16.4 Å². The van der Waals surface area contributed by atoms with E-state index in [0.717, 1.165) is 11.8 Å². The molecule has 1 aromatic carbocycles. The van der Waals surface area contributed by atoms with Crippen molar-refractivity contribution in [3.63, 3.8) is 0 Å². The number of benzene rings is 1.